The Morgan fingerprint density at radius 2 is 2.00 bits per heavy atom. The highest BCUT2D eigenvalue weighted by Crippen LogP contribution is 2.34. The van der Waals surface area contributed by atoms with E-state index in [1.54, 1.807) is 0 Å². The third-order valence-corrected chi connectivity index (χ3v) is 3.44. The van der Waals surface area contributed by atoms with E-state index >= 15 is 0 Å². The molecular formula is C10H19ClN2. The van der Waals surface area contributed by atoms with Crippen LogP contribution < -0.4 is 5.32 Å². The van der Waals surface area contributed by atoms with Gasteiger partial charge in [-0.05, 0) is 24.7 Å². The molecule has 2 fully saturated rings. The fourth-order valence-corrected chi connectivity index (χ4v) is 2.78. The van der Waals surface area contributed by atoms with Crippen molar-refractivity contribution in [3.05, 3.63) is 0 Å². The molecule has 1 heterocycles. The first-order valence-corrected chi connectivity index (χ1v) is 5.11. The fraction of sp³-hybridized carbons (Fsp3) is 0.900. The van der Waals surface area contributed by atoms with Gasteiger partial charge in [-0.2, -0.15) is 0 Å². The van der Waals surface area contributed by atoms with Gasteiger partial charge in [-0.25, -0.2) is 0 Å². The predicted molar refractivity (Wildman–Crippen MR) is 57.6 cm³/mol. The number of rotatable bonds is 0. The number of halogens is 1. The van der Waals surface area contributed by atoms with Crippen LogP contribution in [0.2, 0.25) is 0 Å². The standard InChI is InChI=1S/C10H18N2.ClH/c1-7-6-10(11)12-9-5-3-2-4-8(7)9;/h7-9H,2-6H2,1H3,(H2,11,12);1H. The zero-order valence-electron chi connectivity index (χ0n) is 8.18. The van der Waals surface area contributed by atoms with Crippen LogP contribution in [0, 0.1) is 17.2 Å². The Kier molecular flexibility index (Phi) is 3.60. The van der Waals surface area contributed by atoms with Gasteiger partial charge in [0.2, 0.25) is 0 Å². The van der Waals surface area contributed by atoms with Gasteiger partial charge < -0.3 is 5.32 Å². The Morgan fingerprint density at radius 3 is 2.77 bits per heavy atom. The molecule has 2 nitrogen and oxygen atoms in total. The molecule has 1 aliphatic heterocycles. The van der Waals surface area contributed by atoms with Crippen LogP contribution >= 0.6 is 12.4 Å². The number of piperidine rings is 1. The first-order valence-electron chi connectivity index (χ1n) is 5.11. The van der Waals surface area contributed by atoms with Gasteiger partial charge in [0.25, 0.3) is 0 Å². The Labute approximate surface area is 86.4 Å². The third-order valence-electron chi connectivity index (χ3n) is 3.44. The molecule has 2 aliphatic rings. The lowest BCUT2D eigenvalue weighted by atomic mass is 9.73. The van der Waals surface area contributed by atoms with Crippen LogP contribution in [0.5, 0.6) is 0 Å². The summed E-state index contributed by atoms with van der Waals surface area (Å²) in [6.07, 6.45) is 6.40. The summed E-state index contributed by atoms with van der Waals surface area (Å²) in [4.78, 5) is 0. The van der Waals surface area contributed by atoms with E-state index in [-0.39, 0.29) is 12.4 Å². The molecule has 1 aliphatic carbocycles. The maximum absolute atomic E-state index is 7.63. The second-order valence-electron chi connectivity index (χ2n) is 4.36. The molecule has 76 valence electrons. The molecule has 3 unspecified atom stereocenters. The highest BCUT2D eigenvalue weighted by atomic mass is 35.5. The lowest BCUT2D eigenvalue weighted by Gasteiger charge is -2.41. The molecule has 2 N–H and O–H groups in total. The Morgan fingerprint density at radius 1 is 1.31 bits per heavy atom. The van der Waals surface area contributed by atoms with Crippen molar-refractivity contribution >= 4 is 18.2 Å². The van der Waals surface area contributed by atoms with Crippen molar-refractivity contribution in [3.63, 3.8) is 0 Å². The van der Waals surface area contributed by atoms with Gasteiger partial charge in [-0.1, -0.05) is 19.8 Å². The van der Waals surface area contributed by atoms with Gasteiger partial charge in [-0.3, -0.25) is 5.41 Å². The van der Waals surface area contributed by atoms with E-state index in [4.69, 9.17) is 5.41 Å². The van der Waals surface area contributed by atoms with Crippen LogP contribution in [0.3, 0.4) is 0 Å². The van der Waals surface area contributed by atoms with Crippen LogP contribution in [0.4, 0.5) is 0 Å². The molecule has 0 bridgehead atoms. The summed E-state index contributed by atoms with van der Waals surface area (Å²) in [5, 5.41) is 11.0. The highest BCUT2D eigenvalue weighted by molar-refractivity contribution is 5.85. The quantitative estimate of drug-likeness (QED) is 0.623. The minimum atomic E-state index is 0. The van der Waals surface area contributed by atoms with E-state index in [1.165, 1.54) is 25.7 Å². The summed E-state index contributed by atoms with van der Waals surface area (Å²) >= 11 is 0. The average molecular weight is 203 g/mol. The molecule has 0 aromatic heterocycles. The van der Waals surface area contributed by atoms with Gasteiger partial charge in [0.05, 0.1) is 5.84 Å². The van der Waals surface area contributed by atoms with E-state index in [0.29, 0.717) is 6.04 Å². The monoisotopic (exact) mass is 202 g/mol. The molecule has 13 heavy (non-hydrogen) atoms. The van der Waals surface area contributed by atoms with Crippen molar-refractivity contribution in [3.8, 4) is 0 Å². The van der Waals surface area contributed by atoms with Crippen molar-refractivity contribution in [2.75, 3.05) is 0 Å². The minimum absolute atomic E-state index is 0. The number of fused-ring (bicyclic) bond motifs is 1. The smallest absolute Gasteiger partial charge is 0.0936 e. The summed E-state index contributed by atoms with van der Waals surface area (Å²) in [5.41, 5.74) is 0. The van der Waals surface area contributed by atoms with E-state index in [2.05, 4.69) is 12.2 Å². The molecule has 1 saturated carbocycles. The van der Waals surface area contributed by atoms with Gasteiger partial charge in [0.1, 0.15) is 0 Å². The number of nitrogens with one attached hydrogen (secondary N) is 2. The van der Waals surface area contributed by atoms with Crippen LogP contribution in [0.1, 0.15) is 39.0 Å². The minimum Gasteiger partial charge on any atom is -0.371 e. The van der Waals surface area contributed by atoms with Crippen LogP contribution in [0.25, 0.3) is 0 Å². The second-order valence-corrected chi connectivity index (χ2v) is 4.36. The number of amidine groups is 1. The lowest BCUT2D eigenvalue weighted by molar-refractivity contribution is 0.196. The van der Waals surface area contributed by atoms with Gasteiger partial charge in [0, 0.05) is 12.5 Å². The first kappa shape index (κ1) is 10.8. The first-order chi connectivity index (χ1) is 5.77. The van der Waals surface area contributed by atoms with Crippen molar-refractivity contribution in [2.45, 2.75) is 45.1 Å². The van der Waals surface area contributed by atoms with Gasteiger partial charge in [-0.15, -0.1) is 12.4 Å². The maximum Gasteiger partial charge on any atom is 0.0936 e. The van der Waals surface area contributed by atoms with Gasteiger partial charge >= 0.3 is 0 Å². The summed E-state index contributed by atoms with van der Waals surface area (Å²) < 4.78 is 0. The van der Waals surface area contributed by atoms with Crippen molar-refractivity contribution in [2.24, 2.45) is 11.8 Å². The molecule has 2 rings (SSSR count). The lowest BCUT2D eigenvalue weighted by Crippen LogP contribution is -2.49. The fourth-order valence-electron chi connectivity index (χ4n) is 2.78. The van der Waals surface area contributed by atoms with E-state index in [9.17, 15) is 0 Å². The molecule has 0 amide bonds. The Bertz CT molecular complexity index is 193. The predicted octanol–water partition coefficient (Wildman–Crippen LogP) is 2.57. The highest BCUT2D eigenvalue weighted by Gasteiger charge is 2.33. The SMILES string of the molecule is CC1CC(=N)NC2CCCCC12.Cl. The third kappa shape index (κ3) is 2.16. The molecule has 0 radical (unpaired) electrons. The Hall–Kier alpha value is -0.240. The summed E-state index contributed by atoms with van der Waals surface area (Å²) in [7, 11) is 0. The van der Waals surface area contributed by atoms with Crippen molar-refractivity contribution in [1.29, 1.82) is 5.41 Å². The molecular weight excluding hydrogens is 184 g/mol. The molecule has 0 aromatic carbocycles. The van der Waals surface area contributed by atoms with Crippen LogP contribution in [0.15, 0.2) is 0 Å². The van der Waals surface area contributed by atoms with E-state index in [0.717, 1.165) is 24.1 Å². The normalized spacial score (nSPS) is 38.5. The molecule has 3 heteroatoms. The second kappa shape index (κ2) is 4.32. The Balaban J connectivity index is 0.000000845. The molecule has 3 atom stereocenters. The summed E-state index contributed by atoms with van der Waals surface area (Å²) in [6, 6.07) is 0.634. The summed E-state index contributed by atoms with van der Waals surface area (Å²) in [5.74, 6) is 2.36. The topological polar surface area (TPSA) is 35.9 Å². The summed E-state index contributed by atoms with van der Waals surface area (Å²) in [6.45, 7) is 2.30. The van der Waals surface area contributed by atoms with Crippen LogP contribution in [-0.4, -0.2) is 11.9 Å². The van der Waals surface area contributed by atoms with Crippen LogP contribution in [-0.2, 0) is 0 Å². The molecule has 1 saturated heterocycles. The molecule has 0 spiro atoms. The maximum atomic E-state index is 7.63. The van der Waals surface area contributed by atoms with Gasteiger partial charge in [0.15, 0.2) is 0 Å². The zero-order valence-corrected chi connectivity index (χ0v) is 8.99. The largest absolute Gasteiger partial charge is 0.371 e. The van der Waals surface area contributed by atoms with Crippen molar-refractivity contribution in [1.82, 2.24) is 5.32 Å². The molecule has 0 aromatic rings. The average Bonchev–Trinajstić information content (AvgIpc) is 2.04. The number of hydrogen-bond donors (Lipinski definition) is 2. The van der Waals surface area contributed by atoms with Crippen molar-refractivity contribution < 1.29 is 0 Å². The van der Waals surface area contributed by atoms with E-state index in [1.807, 2.05) is 0 Å². The van der Waals surface area contributed by atoms with E-state index < -0.39 is 0 Å². The number of hydrogen-bond acceptors (Lipinski definition) is 1. The zero-order chi connectivity index (χ0) is 8.55.